The second kappa shape index (κ2) is 4.80. The third-order valence-corrected chi connectivity index (χ3v) is 1.87. The van der Waals surface area contributed by atoms with Crippen molar-refractivity contribution in [2.24, 2.45) is 0 Å². The summed E-state index contributed by atoms with van der Waals surface area (Å²) in [4.78, 5) is 3.96. The zero-order chi connectivity index (χ0) is 9.68. The highest BCUT2D eigenvalue weighted by molar-refractivity contribution is 6.17. The number of nitrogens with zero attached hydrogens (tertiary/aromatic N) is 2. The van der Waals surface area contributed by atoms with Crippen LogP contribution in [-0.4, -0.2) is 12.1 Å². The number of rotatable bonds is 3. The molecule has 1 aromatic heterocycles. The van der Waals surface area contributed by atoms with E-state index in [1.54, 1.807) is 13.3 Å². The van der Waals surface area contributed by atoms with Crippen molar-refractivity contribution in [3.63, 3.8) is 0 Å². The average Bonchev–Trinajstić information content (AvgIpc) is 2.18. The molecule has 3 nitrogen and oxygen atoms in total. The summed E-state index contributed by atoms with van der Waals surface area (Å²) >= 11 is 5.65. The second-order valence-electron chi connectivity index (χ2n) is 2.53. The normalized spacial score (nSPS) is 9.62. The van der Waals surface area contributed by atoms with E-state index in [0.29, 0.717) is 18.2 Å². The molecule has 68 valence electrons. The van der Waals surface area contributed by atoms with Gasteiger partial charge in [-0.3, -0.25) is 0 Å². The highest BCUT2D eigenvalue weighted by Gasteiger charge is 2.03. The molecule has 0 N–H and O–H groups in total. The number of halogens is 1. The lowest BCUT2D eigenvalue weighted by Crippen LogP contribution is -1.95. The van der Waals surface area contributed by atoms with Crippen LogP contribution in [0, 0.1) is 11.3 Å². The minimum absolute atomic E-state index is 0.299. The molecule has 0 fully saturated rings. The molecular formula is C9H9ClN2O. The average molecular weight is 197 g/mol. The van der Waals surface area contributed by atoms with Crippen molar-refractivity contribution in [3.05, 3.63) is 29.1 Å². The van der Waals surface area contributed by atoms with E-state index in [4.69, 9.17) is 21.6 Å². The van der Waals surface area contributed by atoms with Crippen LogP contribution in [0.25, 0.3) is 0 Å². The highest BCUT2D eigenvalue weighted by Crippen LogP contribution is 2.11. The summed E-state index contributed by atoms with van der Waals surface area (Å²) in [6.45, 7) is 0.489. The minimum atomic E-state index is 0.299. The van der Waals surface area contributed by atoms with Crippen molar-refractivity contribution >= 4 is 11.6 Å². The number of ether oxygens (including phenoxy) is 1. The first-order chi connectivity index (χ1) is 6.31. The second-order valence-corrected chi connectivity index (χ2v) is 2.80. The lowest BCUT2D eigenvalue weighted by atomic mass is 10.2. The Hall–Kier alpha value is -1.11. The van der Waals surface area contributed by atoms with Crippen LogP contribution in [0.3, 0.4) is 0 Å². The Kier molecular flexibility index (Phi) is 3.69. The number of nitriles is 1. The molecule has 0 bridgehead atoms. The number of methoxy groups -OCH3 is 1. The van der Waals surface area contributed by atoms with E-state index < -0.39 is 0 Å². The van der Waals surface area contributed by atoms with Crippen LogP contribution in [0.15, 0.2) is 12.3 Å². The predicted molar refractivity (Wildman–Crippen MR) is 49.2 cm³/mol. The van der Waals surface area contributed by atoms with Crippen LogP contribution < -0.4 is 0 Å². The van der Waals surface area contributed by atoms with Gasteiger partial charge in [-0.15, -0.1) is 11.6 Å². The van der Waals surface area contributed by atoms with Crippen LogP contribution in [-0.2, 0) is 17.2 Å². The Balaban J connectivity index is 3.00. The van der Waals surface area contributed by atoms with Gasteiger partial charge in [-0.25, -0.2) is 4.98 Å². The lowest BCUT2D eigenvalue weighted by Gasteiger charge is -2.02. The van der Waals surface area contributed by atoms with E-state index in [9.17, 15) is 0 Å². The van der Waals surface area contributed by atoms with E-state index in [2.05, 4.69) is 4.98 Å². The summed E-state index contributed by atoms with van der Waals surface area (Å²) in [5, 5.41) is 8.67. The molecule has 4 heteroatoms. The fourth-order valence-electron chi connectivity index (χ4n) is 1.01. The predicted octanol–water partition coefficient (Wildman–Crippen LogP) is 1.84. The van der Waals surface area contributed by atoms with Gasteiger partial charge in [0, 0.05) is 18.9 Å². The molecule has 0 radical (unpaired) electrons. The minimum Gasteiger partial charge on any atom is -0.380 e. The zero-order valence-electron chi connectivity index (χ0n) is 7.25. The van der Waals surface area contributed by atoms with Crippen LogP contribution in [0.5, 0.6) is 0 Å². The number of pyridine rings is 1. The number of hydrogen-bond acceptors (Lipinski definition) is 3. The topological polar surface area (TPSA) is 45.9 Å². The van der Waals surface area contributed by atoms with Crippen molar-refractivity contribution in [2.75, 3.05) is 7.11 Å². The molecular weight excluding hydrogens is 188 g/mol. The van der Waals surface area contributed by atoms with Crippen molar-refractivity contribution in [2.45, 2.75) is 12.5 Å². The Morgan fingerprint density at radius 1 is 1.69 bits per heavy atom. The molecule has 13 heavy (non-hydrogen) atoms. The fourth-order valence-corrected chi connectivity index (χ4v) is 1.21. The molecule has 0 saturated carbocycles. The Labute approximate surface area is 81.9 Å². The lowest BCUT2D eigenvalue weighted by molar-refractivity contribution is 0.184. The van der Waals surface area contributed by atoms with Gasteiger partial charge >= 0.3 is 0 Å². The molecule has 0 unspecified atom stereocenters. The molecule has 1 aromatic rings. The quantitative estimate of drug-likeness (QED) is 0.693. The van der Waals surface area contributed by atoms with E-state index in [-0.39, 0.29) is 0 Å². The van der Waals surface area contributed by atoms with E-state index >= 15 is 0 Å². The molecule has 1 heterocycles. The SMILES string of the molecule is COCc1cnc(C#N)c(CCl)c1. The largest absolute Gasteiger partial charge is 0.380 e. The number of aromatic nitrogens is 1. The van der Waals surface area contributed by atoms with Crippen molar-refractivity contribution in [1.82, 2.24) is 4.98 Å². The number of alkyl halides is 1. The third kappa shape index (κ3) is 2.41. The molecule has 0 aliphatic heterocycles. The standard InChI is InChI=1S/C9H9ClN2O/c1-13-6-7-2-8(3-10)9(4-11)12-5-7/h2,5H,3,6H2,1H3. The molecule has 0 atom stereocenters. The summed E-state index contributed by atoms with van der Waals surface area (Å²) in [7, 11) is 1.61. The van der Waals surface area contributed by atoms with Crippen molar-refractivity contribution in [3.8, 4) is 6.07 Å². The first kappa shape index (κ1) is 9.97. The van der Waals surface area contributed by atoms with Crippen molar-refractivity contribution < 1.29 is 4.74 Å². The van der Waals surface area contributed by atoms with E-state index in [1.165, 1.54) is 0 Å². The van der Waals surface area contributed by atoms with Gasteiger partial charge in [0.05, 0.1) is 12.5 Å². The Morgan fingerprint density at radius 3 is 3.00 bits per heavy atom. The van der Waals surface area contributed by atoms with Gasteiger partial charge in [-0.2, -0.15) is 5.26 Å². The van der Waals surface area contributed by atoms with Gasteiger partial charge in [0.15, 0.2) is 0 Å². The fraction of sp³-hybridized carbons (Fsp3) is 0.333. The van der Waals surface area contributed by atoms with Gasteiger partial charge in [-0.1, -0.05) is 0 Å². The van der Waals surface area contributed by atoms with Crippen LogP contribution in [0.1, 0.15) is 16.8 Å². The number of hydrogen-bond donors (Lipinski definition) is 0. The van der Waals surface area contributed by atoms with Gasteiger partial charge in [0.1, 0.15) is 11.8 Å². The molecule has 0 aliphatic carbocycles. The van der Waals surface area contributed by atoms with Crippen LogP contribution in [0.2, 0.25) is 0 Å². The summed E-state index contributed by atoms with van der Waals surface area (Å²) < 4.78 is 4.93. The smallest absolute Gasteiger partial charge is 0.144 e. The van der Waals surface area contributed by atoms with Gasteiger partial charge in [-0.05, 0) is 11.6 Å². The molecule has 0 aromatic carbocycles. The van der Waals surface area contributed by atoms with Gasteiger partial charge < -0.3 is 4.74 Å². The first-order valence-electron chi connectivity index (χ1n) is 3.74. The van der Waals surface area contributed by atoms with Crippen LogP contribution >= 0.6 is 11.6 Å². The van der Waals surface area contributed by atoms with E-state index in [1.807, 2.05) is 12.1 Å². The summed E-state index contributed by atoms with van der Waals surface area (Å²) in [6.07, 6.45) is 1.62. The monoisotopic (exact) mass is 196 g/mol. The Morgan fingerprint density at radius 2 is 2.46 bits per heavy atom. The third-order valence-electron chi connectivity index (χ3n) is 1.58. The summed E-state index contributed by atoms with van der Waals surface area (Å²) in [6, 6.07) is 3.81. The van der Waals surface area contributed by atoms with Gasteiger partial charge in [0.2, 0.25) is 0 Å². The highest BCUT2D eigenvalue weighted by atomic mass is 35.5. The maximum Gasteiger partial charge on any atom is 0.144 e. The maximum atomic E-state index is 8.67. The zero-order valence-corrected chi connectivity index (χ0v) is 8.01. The van der Waals surface area contributed by atoms with E-state index in [0.717, 1.165) is 11.1 Å². The van der Waals surface area contributed by atoms with Crippen LogP contribution in [0.4, 0.5) is 0 Å². The van der Waals surface area contributed by atoms with Crippen molar-refractivity contribution in [1.29, 1.82) is 5.26 Å². The summed E-state index contributed by atoms with van der Waals surface area (Å²) in [5.41, 5.74) is 2.06. The molecule has 0 amide bonds. The Bertz CT molecular complexity index is 333. The molecule has 0 aliphatic rings. The molecule has 0 saturated heterocycles. The maximum absolute atomic E-state index is 8.67. The first-order valence-corrected chi connectivity index (χ1v) is 4.28. The van der Waals surface area contributed by atoms with Gasteiger partial charge in [0.25, 0.3) is 0 Å². The summed E-state index contributed by atoms with van der Waals surface area (Å²) in [5.74, 6) is 0.299. The molecule has 1 rings (SSSR count). The molecule has 0 spiro atoms.